The Morgan fingerprint density at radius 2 is 2.14 bits per heavy atom. The highest BCUT2D eigenvalue weighted by molar-refractivity contribution is 5.28. The molecule has 1 aliphatic heterocycles. The number of rotatable bonds is 4. The minimum absolute atomic E-state index is 0.218. The van der Waals surface area contributed by atoms with Gasteiger partial charge in [-0.1, -0.05) is 17.3 Å². The summed E-state index contributed by atoms with van der Waals surface area (Å²) >= 11 is 0. The van der Waals surface area contributed by atoms with Gasteiger partial charge in [-0.2, -0.15) is 4.98 Å². The van der Waals surface area contributed by atoms with Crippen molar-refractivity contribution in [3.63, 3.8) is 0 Å². The average molecular weight is 295 g/mol. The first kappa shape index (κ1) is 13.9. The summed E-state index contributed by atoms with van der Waals surface area (Å²) in [4.78, 5) is 4.19. The normalized spacial score (nSPS) is 20.6. The molecular formula is C14H15F2N3O2. The van der Waals surface area contributed by atoms with Crippen molar-refractivity contribution in [2.75, 3.05) is 13.7 Å². The van der Waals surface area contributed by atoms with Gasteiger partial charge in [-0.05, 0) is 17.7 Å². The molecule has 112 valence electrons. The van der Waals surface area contributed by atoms with Crippen LogP contribution in [-0.4, -0.2) is 29.7 Å². The van der Waals surface area contributed by atoms with E-state index in [0.29, 0.717) is 12.2 Å². The number of ether oxygens (including phenoxy) is 1. The fourth-order valence-corrected chi connectivity index (χ4v) is 2.30. The van der Waals surface area contributed by atoms with E-state index in [2.05, 4.69) is 15.5 Å². The maximum absolute atomic E-state index is 13.1. The molecule has 1 aromatic carbocycles. The van der Waals surface area contributed by atoms with Crippen LogP contribution in [0.4, 0.5) is 8.78 Å². The van der Waals surface area contributed by atoms with Gasteiger partial charge in [-0.25, -0.2) is 8.78 Å². The van der Waals surface area contributed by atoms with Crippen LogP contribution < -0.4 is 10.1 Å². The van der Waals surface area contributed by atoms with Crippen molar-refractivity contribution in [1.82, 2.24) is 15.5 Å². The SMILES string of the molecule is COc1ccc(Cc2noc(C3CC(F)(F)CN3)n2)cc1. The van der Waals surface area contributed by atoms with E-state index < -0.39 is 12.0 Å². The Balaban J connectivity index is 1.67. The fraction of sp³-hybridized carbons (Fsp3) is 0.429. The van der Waals surface area contributed by atoms with Gasteiger partial charge in [0, 0.05) is 12.8 Å². The van der Waals surface area contributed by atoms with E-state index in [1.54, 1.807) is 7.11 Å². The number of hydrogen-bond acceptors (Lipinski definition) is 5. The molecule has 1 saturated heterocycles. The molecule has 2 heterocycles. The lowest BCUT2D eigenvalue weighted by Crippen LogP contribution is -2.19. The second-order valence-corrected chi connectivity index (χ2v) is 5.07. The van der Waals surface area contributed by atoms with Crippen molar-refractivity contribution in [1.29, 1.82) is 0 Å². The number of aromatic nitrogens is 2. The topological polar surface area (TPSA) is 60.2 Å². The predicted octanol–water partition coefficient (Wildman–Crippen LogP) is 2.34. The highest BCUT2D eigenvalue weighted by Gasteiger charge is 2.42. The molecule has 0 spiro atoms. The Bertz CT molecular complexity index is 613. The van der Waals surface area contributed by atoms with Crippen molar-refractivity contribution in [2.24, 2.45) is 0 Å². The second-order valence-electron chi connectivity index (χ2n) is 5.07. The van der Waals surface area contributed by atoms with Crippen LogP contribution in [0.25, 0.3) is 0 Å². The molecule has 0 amide bonds. The van der Waals surface area contributed by atoms with Crippen molar-refractivity contribution in [2.45, 2.75) is 24.8 Å². The first-order valence-corrected chi connectivity index (χ1v) is 6.62. The van der Waals surface area contributed by atoms with Gasteiger partial charge in [0.15, 0.2) is 5.82 Å². The Morgan fingerprint density at radius 1 is 1.38 bits per heavy atom. The van der Waals surface area contributed by atoms with Gasteiger partial charge in [0.1, 0.15) is 5.75 Å². The van der Waals surface area contributed by atoms with Gasteiger partial charge in [0.05, 0.1) is 19.7 Å². The molecule has 7 heteroatoms. The van der Waals surface area contributed by atoms with Crippen LogP contribution in [0.3, 0.4) is 0 Å². The van der Waals surface area contributed by atoms with E-state index in [9.17, 15) is 8.78 Å². The van der Waals surface area contributed by atoms with Crippen LogP contribution in [-0.2, 0) is 6.42 Å². The number of nitrogens with zero attached hydrogens (tertiary/aromatic N) is 2. The summed E-state index contributed by atoms with van der Waals surface area (Å²) in [5, 5.41) is 6.54. The van der Waals surface area contributed by atoms with Gasteiger partial charge in [0.2, 0.25) is 5.89 Å². The van der Waals surface area contributed by atoms with Crippen molar-refractivity contribution >= 4 is 0 Å². The largest absolute Gasteiger partial charge is 0.497 e. The summed E-state index contributed by atoms with van der Waals surface area (Å²) in [6, 6.07) is 6.91. The third-order valence-electron chi connectivity index (χ3n) is 3.41. The van der Waals surface area contributed by atoms with E-state index >= 15 is 0 Å². The third kappa shape index (κ3) is 3.18. The monoisotopic (exact) mass is 295 g/mol. The second kappa shape index (κ2) is 5.40. The smallest absolute Gasteiger partial charge is 0.262 e. The molecule has 2 aromatic rings. The van der Waals surface area contributed by atoms with Gasteiger partial charge in [-0.3, -0.25) is 5.32 Å². The molecule has 0 radical (unpaired) electrons. The van der Waals surface area contributed by atoms with E-state index in [-0.39, 0.29) is 18.9 Å². The zero-order valence-electron chi connectivity index (χ0n) is 11.5. The zero-order chi connectivity index (χ0) is 14.9. The van der Waals surface area contributed by atoms with E-state index in [1.165, 1.54) is 0 Å². The Hall–Kier alpha value is -2.02. The highest BCUT2D eigenvalue weighted by atomic mass is 19.3. The third-order valence-corrected chi connectivity index (χ3v) is 3.41. The molecule has 3 rings (SSSR count). The van der Waals surface area contributed by atoms with Crippen LogP contribution >= 0.6 is 0 Å². The molecule has 0 bridgehead atoms. The summed E-state index contributed by atoms with van der Waals surface area (Å²) in [7, 11) is 1.60. The molecule has 5 nitrogen and oxygen atoms in total. The standard InChI is InChI=1S/C14H15F2N3O2/c1-20-10-4-2-9(3-5-10)6-12-18-13(21-19-12)11-7-14(15,16)8-17-11/h2-5,11,17H,6-8H2,1H3. The number of hydrogen-bond donors (Lipinski definition) is 1. The minimum Gasteiger partial charge on any atom is -0.497 e. The van der Waals surface area contributed by atoms with Crippen molar-refractivity contribution in [3.05, 3.63) is 41.5 Å². The van der Waals surface area contributed by atoms with Crippen molar-refractivity contribution < 1.29 is 18.0 Å². The van der Waals surface area contributed by atoms with Crippen LogP contribution in [0.15, 0.2) is 28.8 Å². The molecule has 21 heavy (non-hydrogen) atoms. The predicted molar refractivity (Wildman–Crippen MR) is 70.4 cm³/mol. The Morgan fingerprint density at radius 3 is 2.76 bits per heavy atom. The average Bonchev–Trinajstić information content (AvgIpc) is 3.06. The number of benzene rings is 1. The molecule has 0 aliphatic carbocycles. The van der Waals surface area contributed by atoms with Crippen LogP contribution in [0, 0.1) is 0 Å². The first-order chi connectivity index (χ1) is 10.1. The van der Waals surface area contributed by atoms with E-state index in [1.807, 2.05) is 24.3 Å². The lowest BCUT2D eigenvalue weighted by Gasteiger charge is -2.04. The number of halogens is 2. The van der Waals surface area contributed by atoms with Crippen LogP contribution in [0.5, 0.6) is 5.75 Å². The fourth-order valence-electron chi connectivity index (χ4n) is 2.30. The molecule has 1 aromatic heterocycles. The van der Waals surface area contributed by atoms with Gasteiger partial charge in [-0.15, -0.1) is 0 Å². The first-order valence-electron chi connectivity index (χ1n) is 6.62. The van der Waals surface area contributed by atoms with Crippen molar-refractivity contribution in [3.8, 4) is 5.75 Å². The number of nitrogens with one attached hydrogen (secondary N) is 1. The lowest BCUT2D eigenvalue weighted by molar-refractivity contribution is 0.0200. The molecule has 1 atom stereocenters. The Kier molecular flexibility index (Phi) is 3.59. The molecule has 0 saturated carbocycles. The van der Waals surface area contributed by atoms with Gasteiger partial charge in [0.25, 0.3) is 5.92 Å². The molecular weight excluding hydrogens is 280 g/mol. The lowest BCUT2D eigenvalue weighted by atomic mass is 10.1. The highest BCUT2D eigenvalue weighted by Crippen LogP contribution is 2.33. The molecule has 1 fully saturated rings. The zero-order valence-corrected chi connectivity index (χ0v) is 11.5. The molecule has 1 aliphatic rings. The number of alkyl halides is 2. The maximum atomic E-state index is 13.1. The van der Waals surface area contributed by atoms with E-state index in [4.69, 9.17) is 9.26 Å². The van der Waals surface area contributed by atoms with Crippen LogP contribution in [0.1, 0.15) is 29.7 Å². The summed E-state index contributed by atoms with van der Waals surface area (Å²) < 4.78 is 36.4. The number of methoxy groups -OCH3 is 1. The maximum Gasteiger partial charge on any atom is 0.262 e. The van der Waals surface area contributed by atoms with E-state index in [0.717, 1.165) is 11.3 Å². The summed E-state index contributed by atoms with van der Waals surface area (Å²) in [6.45, 7) is -0.353. The molecule has 1 N–H and O–H groups in total. The summed E-state index contributed by atoms with van der Waals surface area (Å²) in [6.07, 6.45) is 0.174. The quantitative estimate of drug-likeness (QED) is 0.938. The summed E-state index contributed by atoms with van der Waals surface area (Å²) in [5.41, 5.74) is 0.993. The summed E-state index contributed by atoms with van der Waals surface area (Å²) in [5.74, 6) is -1.25. The molecule has 1 unspecified atom stereocenters. The Labute approximate surface area is 120 Å². The van der Waals surface area contributed by atoms with Gasteiger partial charge >= 0.3 is 0 Å². The van der Waals surface area contributed by atoms with Gasteiger partial charge < -0.3 is 9.26 Å². The minimum atomic E-state index is -2.71. The van der Waals surface area contributed by atoms with Crippen LogP contribution in [0.2, 0.25) is 0 Å².